The Balaban J connectivity index is 1.70. The normalized spacial score (nSPS) is 11.1. The molecule has 0 saturated heterocycles. The van der Waals surface area contributed by atoms with E-state index in [9.17, 15) is 13.6 Å². The smallest absolute Gasteiger partial charge is 0.387 e. The summed E-state index contributed by atoms with van der Waals surface area (Å²) in [6, 6.07) is 7.70. The Kier molecular flexibility index (Phi) is 5.72. The zero-order valence-corrected chi connectivity index (χ0v) is 15.8. The second-order valence-electron chi connectivity index (χ2n) is 6.33. The average Bonchev–Trinajstić information content (AvgIpc) is 3.28. The molecule has 0 aliphatic carbocycles. The molecule has 0 aliphatic rings. The number of hydrogen-bond acceptors (Lipinski definition) is 4. The van der Waals surface area contributed by atoms with Crippen molar-refractivity contribution in [1.82, 2.24) is 24.9 Å². The quantitative estimate of drug-likeness (QED) is 0.671. The van der Waals surface area contributed by atoms with E-state index >= 15 is 0 Å². The molecular formula is C19H21F2N5O2. The molecule has 7 nitrogen and oxygen atoms in total. The van der Waals surface area contributed by atoms with Crippen molar-refractivity contribution in [3.05, 3.63) is 53.5 Å². The zero-order chi connectivity index (χ0) is 20.3. The predicted molar refractivity (Wildman–Crippen MR) is 99.1 cm³/mol. The maximum Gasteiger partial charge on any atom is 0.387 e. The van der Waals surface area contributed by atoms with Crippen molar-refractivity contribution < 1.29 is 18.3 Å². The lowest BCUT2D eigenvalue weighted by molar-refractivity contribution is -0.0498. The van der Waals surface area contributed by atoms with Gasteiger partial charge in [0, 0.05) is 37.5 Å². The third kappa shape index (κ3) is 4.36. The number of aromatic nitrogens is 4. The molecule has 0 aliphatic heterocycles. The number of amides is 1. The summed E-state index contributed by atoms with van der Waals surface area (Å²) in [4.78, 5) is 14.3. The van der Waals surface area contributed by atoms with Crippen molar-refractivity contribution >= 4 is 5.91 Å². The molecule has 0 atom stereocenters. The molecule has 148 valence electrons. The predicted octanol–water partition coefficient (Wildman–Crippen LogP) is 3.48. The van der Waals surface area contributed by atoms with Gasteiger partial charge in [-0.15, -0.1) is 0 Å². The van der Waals surface area contributed by atoms with Crippen LogP contribution in [0.3, 0.4) is 0 Å². The van der Waals surface area contributed by atoms with Crippen molar-refractivity contribution in [1.29, 1.82) is 0 Å². The molecule has 3 aromatic rings. The highest BCUT2D eigenvalue weighted by Gasteiger charge is 2.17. The van der Waals surface area contributed by atoms with Gasteiger partial charge in [0.25, 0.3) is 5.91 Å². The van der Waals surface area contributed by atoms with E-state index in [1.165, 1.54) is 12.1 Å². The first kappa shape index (κ1) is 19.5. The van der Waals surface area contributed by atoms with Crippen LogP contribution in [0.4, 0.5) is 8.78 Å². The number of hydrogen-bond donors (Lipinski definition) is 1. The Hall–Kier alpha value is -3.23. The summed E-state index contributed by atoms with van der Waals surface area (Å²) in [7, 11) is 1.71. The summed E-state index contributed by atoms with van der Waals surface area (Å²) >= 11 is 0. The van der Waals surface area contributed by atoms with Gasteiger partial charge < -0.3 is 9.64 Å². The van der Waals surface area contributed by atoms with Gasteiger partial charge >= 0.3 is 6.61 Å². The van der Waals surface area contributed by atoms with Crippen LogP contribution in [-0.4, -0.2) is 44.4 Å². The first-order valence-electron chi connectivity index (χ1n) is 8.76. The molecule has 28 heavy (non-hydrogen) atoms. The molecule has 0 spiro atoms. The maximum atomic E-state index is 12.7. The topological polar surface area (TPSA) is 76.0 Å². The monoisotopic (exact) mass is 389 g/mol. The molecular weight excluding hydrogens is 368 g/mol. The number of benzene rings is 1. The molecule has 3 rings (SSSR count). The van der Waals surface area contributed by atoms with Crippen LogP contribution in [0.2, 0.25) is 0 Å². The van der Waals surface area contributed by atoms with Gasteiger partial charge in [0.05, 0.1) is 11.4 Å². The lowest BCUT2D eigenvalue weighted by atomic mass is 10.1. The first-order valence-corrected chi connectivity index (χ1v) is 8.76. The van der Waals surface area contributed by atoms with E-state index in [1.807, 2.05) is 24.7 Å². The number of rotatable bonds is 7. The van der Waals surface area contributed by atoms with Crippen molar-refractivity contribution in [2.75, 3.05) is 7.05 Å². The van der Waals surface area contributed by atoms with E-state index < -0.39 is 6.61 Å². The molecule has 0 saturated carbocycles. The molecule has 9 heteroatoms. The van der Waals surface area contributed by atoms with Crippen molar-refractivity contribution in [2.45, 2.75) is 33.5 Å². The van der Waals surface area contributed by atoms with Gasteiger partial charge in [0.2, 0.25) is 0 Å². The number of aryl methyl sites for hydroxylation is 2. The summed E-state index contributed by atoms with van der Waals surface area (Å²) < 4.78 is 30.6. The Morgan fingerprint density at radius 3 is 2.64 bits per heavy atom. The van der Waals surface area contributed by atoms with Crippen LogP contribution in [0.25, 0.3) is 11.3 Å². The number of alkyl halides is 2. The van der Waals surface area contributed by atoms with Gasteiger partial charge in [0.1, 0.15) is 11.4 Å². The molecule has 2 heterocycles. The van der Waals surface area contributed by atoms with Gasteiger partial charge in [-0.1, -0.05) is 0 Å². The van der Waals surface area contributed by atoms with Gasteiger partial charge in [-0.05, 0) is 44.2 Å². The first-order chi connectivity index (χ1) is 13.4. The van der Waals surface area contributed by atoms with Gasteiger partial charge in [-0.25, -0.2) is 0 Å². The lowest BCUT2D eigenvalue weighted by Crippen LogP contribution is -2.26. The fourth-order valence-corrected chi connectivity index (χ4v) is 2.80. The fraction of sp³-hybridized carbons (Fsp3) is 0.316. The SMILES string of the molecule is CCn1cc(CN(C)C(=O)c2cc(-c3ccc(OC(F)F)cc3)n[nH]2)c(C)n1. The molecule has 1 aromatic carbocycles. The molecule has 0 unspecified atom stereocenters. The Morgan fingerprint density at radius 1 is 1.32 bits per heavy atom. The van der Waals surface area contributed by atoms with Crippen LogP contribution < -0.4 is 4.74 Å². The minimum atomic E-state index is -2.87. The summed E-state index contributed by atoms with van der Waals surface area (Å²) in [6.45, 7) is 2.24. The third-order valence-electron chi connectivity index (χ3n) is 4.31. The van der Waals surface area contributed by atoms with E-state index in [2.05, 4.69) is 20.0 Å². The molecule has 0 fully saturated rings. The number of ether oxygens (including phenoxy) is 1. The van der Waals surface area contributed by atoms with Gasteiger partial charge in [-0.2, -0.15) is 19.0 Å². The maximum absolute atomic E-state index is 12.7. The fourth-order valence-electron chi connectivity index (χ4n) is 2.80. The average molecular weight is 389 g/mol. The summed E-state index contributed by atoms with van der Waals surface area (Å²) in [5, 5.41) is 11.3. The highest BCUT2D eigenvalue weighted by molar-refractivity contribution is 5.93. The van der Waals surface area contributed by atoms with Crippen LogP contribution in [0.15, 0.2) is 36.5 Å². The van der Waals surface area contributed by atoms with Crippen LogP contribution in [0.5, 0.6) is 5.75 Å². The van der Waals surface area contributed by atoms with E-state index in [0.717, 1.165) is 17.8 Å². The number of aromatic amines is 1. The van der Waals surface area contributed by atoms with Crippen molar-refractivity contribution in [2.24, 2.45) is 0 Å². The van der Waals surface area contributed by atoms with Crippen LogP contribution >= 0.6 is 0 Å². The summed E-state index contributed by atoms with van der Waals surface area (Å²) in [6.07, 6.45) is 1.93. The van der Waals surface area contributed by atoms with E-state index in [4.69, 9.17) is 0 Å². The van der Waals surface area contributed by atoms with Crippen molar-refractivity contribution in [3.63, 3.8) is 0 Å². The minimum absolute atomic E-state index is 0.0633. The molecule has 0 radical (unpaired) electrons. The van der Waals surface area contributed by atoms with Gasteiger partial charge in [0.15, 0.2) is 0 Å². The van der Waals surface area contributed by atoms with Crippen LogP contribution in [0.1, 0.15) is 28.7 Å². The Labute approximate surface area is 160 Å². The number of carbonyl (C=O) groups excluding carboxylic acids is 1. The van der Waals surface area contributed by atoms with E-state index in [-0.39, 0.29) is 11.7 Å². The van der Waals surface area contributed by atoms with Crippen LogP contribution in [0, 0.1) is 6.92 Å². The van der Waals surface area contributed by atoms with Gasteiger partial charge in [-0.3, -0.25) is 14.6 Å². The number of H-pyrrole nitrogens is 1. The van der Waals surface area contributed by atoms with E-state index in [1.54, 1.807) is 30.1 Å². The second kappa shape index (κ2) is 8.20. The number of carbonyl (C=O) groups is 1. The van der Waals surface area contributed by atoms with Crippen molar-refractivity contribution in [3.8, 4) is 17.0 Å². The van der Waals surface area contributed by atoms with E-state index in [0.29, 0.717) is 23.5 Å². The largest absolute Gasteiger partial charge is 0.435 e. The number of nitrogens with one attached hydrogen (secondary N) is 1. The zero-order valence-electron chi connectivity index (χ0n) is 15.8. The van der Waals surface area contributed by atoms with Crippen LogP contribution in [-0.2, 0) is 13.1 Å². The highest BCUT2D eigenvalue weighted by atomic mass is 19.3. The molecule has 1 N–H and O–H groups in total. The molecule has 1 amide bonds. The number of nitrogens with zero attached hydrogens (tertiary/aromatic N) is 4. The Morgan fingerprint density at radius 2 is 2.04 bits per heavy atom. The lowest BCUT2D eigenvalue weighted by Gasteiger charge is -2.15. The molecule has 0 bridgehead atoms. The number of halogens is 2. The summed E-state index contributed by atoms with van der Waals surface area (Å²) in [5.41, 5.74) is 3.42. The summed E-state index contributed by atoms with van der Waals surface area (Å²) in [5.74, 6) is -0.145. The second-order valence-corrected chi connectivity index (χ2v) is 6.33. The molecule has 2 aromatic heterocycles. The third-order valence-corrected chi connectivity index (χ3v) is 4.31. The minimum Gasteiger partial charge on any atom is -0.435 e. The standard InChI is InChI=1S/C19H21F2N5O2/c1-4-26-11-14(12(2)24-26)10-25(3)18(27)17-9-16(22-23-17)13-5-7-15(8-6-13)28-19(20)21/h5-9,11,19H,4,10H2,1-3H3,(H,22,23). The Bertz CT molecular complexity index is 950. The highest BCUT2D eigenvalue weighted by Crippen LogP contribution is 2.23.